The average Bonchev–Trinajstić information content (AvgIpc) is 4.01. The van der Waals surface area contributed by atoms with Crippen molar-refractivity contribution in [2.45, 2.75) is 19.3 Å². The minimum Gasteiger partial charge on any atom is -0.456 e. The first-order valence-corrected chi connectivity index (χ1v) is 23.0. The lowest BCUT2D eigenvalue weighted by Crippen LogP contribution is -2.14. The summed E-state index contributed by atoms with van der Waals surface area (Å²) in [6.45, 7) is 4.68. The molecule has 0 saturated heterocycles. The normalized spacial score (nSPS) is 12.9. The van der Waals surface area contributed by atoms with Crippen LogP contribution in [0.4, 0.5) is 0 Å². The number of aromatic nitrogens is 2. The Morgan fingerprint density at radius 1 is 0.400 bits per heavy atom. The molecule has 0 unspecified atom stereocenters. The van der Waals surface area contributed by atoms with E-state index in [1.165, 1.54) is 59.1 Å². The molecule has 0 radical (unpaired) electrons. The summed E-state index contributed by atoms with van der Waals surface area (Å²) in [6, 6.07) is 74.0. The summed E-state index contributed by atoms with van der Waals surface area (Å²) < 4.78 is 9.09. The van der Waals surface area contributed by atoms with Gasteiger partial charge >= 0.3 is 0 Å². The first kappa shape index (κ1) is 37.6. The van der Waals surface area contributed by atoms with Crippen LogP contribution in [0, 0.1) is 0 Å². The van der Waals surface area contributed by atoms with Crippen LogP contribution >= 0.6 is 11.3 Å². The first-order valence-electron chi connectivity index (χ1n) is 22.2. The maximum atomic E-state index is 6.61. The summed E-state index contributed by atoms with van der Waals surface area (Å²) >= 11 is 1.82. The molecule has 306 valence electrons. The third-order valence-electron chi connectivity index (χ3n) is 13.6. The smallest absolute Gasteiger partial charge is 0.160 e. The Morgan fingerprint density at radius 2 is 0.985 bits per heavy atom. The number of hydrogen-bond acceptors (Lipinski definition) is 4. The maximum absolute atomic E-state index is 6.61. The average molecular weight is 849 g/mol. The maximum Gasteiger partial charge on any atom is 0.160 e. The lowest BCUT2D eigenvalue weighted by molar-refractivity contribution is 0.660. The van der Waals surface area contributed by atoms with Gasteiger partial charge in [0.1, 0.15) is 11.2 Å². The van der Waals surface area contributed by atoms with Gasteiger partial charge in [-0.2, -0.15) is 0 Å². The van der Waals surface area contributed by atoms with E-state index >= 15 is 0 Å². The van der Waals surface area contributed by atoms with Crippen LogP contribution < -0.4 is 0 Å². The fourth-order valence-electron chi connectivity index (χ4n) is 10.3. The number of thiophene rings is 1. The van der Waals surface area contributed by atoms with E-state index in [1.807, 2.05) is 17.4 Å². The molecular formula is C61H40N2OS. The third-order valence-corrected chi connectivity index (χ3v) is 14.8. The second-order valence-electron chi connectivity index (χ2n) is 17.7. The van der Waals surface area contributed by atoms with E-state index < -0.39 is 0 Å². The zero-order chi connectivity index (χ0) is 43.2. The first-order chi connectivity index (χ1) is 32.0. The molecule has 0 saturated carbocycles. The van der Waals surface area contributed by atoms with E-state index in [0.29, 0.717) is 5.82 Å². The van der Waals surface area contributed by atoms with E-state index in [2.05, 4.69) is 214 Å². The van der Waals surface area contributed by atoms with Gasteiger partial charge in [0.2, 0.25) is 0 Å². The summed E-state index contributed by atoms with van der Waals surface area (Å²) in [4.78, 5) is 10.7. The molecule has 0 aliphatic heterocycles. The van der Waals surface area contributed by atoms with Gasteiger partial charge in [-0.3, -0.25) is 0 Å². The lowest BCUT2D eigenvalue weighted by atomic mass is 9.82. The second-order valence-corrected chi connectivity index (χ2v) is 18.7. The van der Waals surface area contributed by atoms with Crippen molar-refractivity contribution in [2.24, 2.45) is 0 Å². The highest BCUT2D eigenvalue weighted by molar-refractivity contribution is 7.26. The summed E-state index contributed by atoms with van der Waals surface area (Å²) in [7, 11) is 0. The van der Waals surface area contributed by atoms with Gasteiger partial charge < -0.3 is 4.42 Å². The number of fused-ring (bicyclic) bond motifs is 9. The van der Waals surface area contributed by atoms with Crippen molar-refractivity contribution in [3.8, 4) is 78.4 Å². The number of furan rings is 1. The Labute approximate surface area is 381 Å². The van der Waals surface area contributed by atoms with Gasteiger partial charge in [-0.15, -0.1) is 11.3 Å². The SMILES string of the molecule is CC1(C)c2ccccc2-c2c(-c3ccc(-c4ccc5oc6cccc(-c7cc(-c8cccc9c8sc8ccccc89)nc(-c8ccc(-c9ccccc9)cc8)n7)c6c5c4)cc3)cccc21. The van der Waals surface area contributed by atoms with Crippen molar-refractivity contribution in [2.75, 3.05) is 0 Å². The van der Waals surface area contributed by atoms with E-state index in [0.717, 1.165) is 66.7 Å². The molecule has 65 heavy (non-hydrogen) atoms. The van der Waals surface area contributed by atoms with Gasteiger partial charge in [0.15, 0.2) is 5.82 Å². The molecule has 3 nitrogen and oxygen atoms in total. The predicted molar refractivity (Wildman–Crippen MR) is 272 cm³/mol. The van der Waals surface area contributed by atoms with Crippen LogP contribution in [-0.4, -0.2) is 9.97 Å². The van der Waals surface area contributed by atoms with E-state index in [1.54, 1.807) is 0 Å². The monoisotopic (exact) mass is 848 g/mol. The molecule has 1 aliphatic rings. The molecule has 0 fully saturated rings. The van der Waals surface area contributed by atoms with E-state index in [-0.39, 0.29) is 5.41 Å². The van der Waals surface area contributed by atoms with Crippen LogP contribution in [0.15, 0.2) is 211 Å². The highest BCUT2D eigenvalue weighted by Crippen LogP contribution is 2.52. The molecule has 3 aromatic heterocycles. The summed E-state index contributed by atoms with van der Waals surface area (Å²) in [5.41, 5.74) is 19.0. The Kier molecular flexibility index (Phi) is 8.43. The lowest BCUT2D eigenvalue weighted by Gasteiger charge is -2.21. The van der Waals surface area contributed by atoms with Crippen LogP contribution in [0.1, 0.15) is 25.0 Å². The van der Waals surface area contributed by atoms with Crippen LogP contribution in [0.2, 0.25) is 0 Å². The minimum absolute atomic E-state index is 0.0419. The van der Waals surface area contributed by atoms with Gasteiger partial charge in [0.25, 0.3) is 0 Å². The highest BCUT2D eigenvalue weighted by Gasteiger charge is 2.36. The van der Waals surface area contributed by atoms with Crippen LogP contribution in [0.25, 0.3) is 121 Å². The molecule has 12 aromatic rings. The van der Waals surface area contributed by atoms with Crippen molar-refractivity contribution in [1.29, 1.82) is 0 Å². The quantitative estimate of drug-likeness (QED) is 0.167. The van der Waals surface area contributed by atoms with Crippen molar-refractivity contribution in [1.82, 2.24) is 9.97 Å². The fraction of sp³-hybridized carbons (Fsp3) is 0.0492. The van der Waals surface area contributed by atoms with Crippen LogP contribution in [0.3, 0.4) is 0 Å². The van der Waals surface area contributed by atoms with Gasteiger partial charge in [0, 0.05) is 53.1 Å². The van der Waals surface area contributed by atoms with Crippen LogP contribution in [0.5, 0.6) is 0 Å². The fourth-order valence-corrected chi connectivity index (χ4v) is 11.5. The minimum atomic E-state index is -0.0419. The third kappa shape index (κ3) is 6.02. The molecule has 9 aromatic carbocycles. The molecule has 0 amide bonds. The molecule has 13 rings (SSSR count). The standard InChI is InChI=1S/C61H40N2OS/c1-61(2)50-21-8-6-16-46(50)57-43(17-11-22-51(57)61)40-29-25-39(26-30-40)42-33-34-54-49(35-42)58-47(19-12-23-55(58)64-54)52-36-53(48-20-10-18-45-44-15-7-9-24-56(44)65-59(45)48)63-60(62-52)41-31-27-38(28-32-41)37-13-4-3-5-14-37/h3-36H,1-2H3. The molecule has 3 heterocycles. The molecule has 1 aliphatic carbocycles. The number of nitrogens with zero attached hydrogens (tertiary/aromatic N) is 2. The summed E-state index contributed by atoms with van der Waals surface area (Å²) in [5, 5.41) is 4.59. The Bertz CT molecular complexity index is 3840. The molecule has 0 atom stereocenters. The Balaban J connectivity index is 0.943. The summed E-state index contributed by atoms with van der Waals surface area (Å²) in [6.07, 6.45) is 0. The zero-order valence-electron chi connectivity index (χ0n) is 35.8. The molecule has 0 N–H and O–H groups in total. The Hall–Kier alpha value is -7.92. The van der Waals surface area contributed by atoms with Gasteiger partial charge in [-0.05, 0) is 86.0 Å². The van der Waals surface area contributed by atoms with Crippen molar-refractivity contribution >= 4 is 53.4 Å². The largest absolute Gasteiger partial charge is 0.456 e. The van der Waals surface area contributed by atoms with Crippen LogP contribution in [-0.2, 0) is 5.41 Å². The molecule has 0 bridgehead atoms. The van der Waals surface area contributed by atoms with Crippen molar-refractivity contribution in [3.63, 3.8) is 0 Å². The van der Waals surface area contributed by atoms with E-state index in [4.69, 9.17) is 14.4 Å². The zero-order valence-corrected chi connectivity index (χ0v) is 36.7. The van der Waals surface area contributed by atoms with E-state index in [9.17, 15) is 0 Å². The summed E-state index contributed by atoms with van der Waals surface area (Å²) in [5.74, 6) is 0.678. The number of rotatable bonds is 6. The van der Waals surface area contributed by atoms with Gasteiger partial charge in [-0.25, -0.2) is 9.97 Å². The van der Waals surface area contributed by atoms with Crippen molar-refractivity contribution < 1.29 is 4.42 Å². The molecule has 4 heteroatoms. The van der Waals surface area contributed by atoms with Gasteiger partial charge in [0.05, 0.1) is 11.4 Å². The molecule has 0 spiro atoms. The second kappa shape index (κ2) is 14.6. The van der Waals surface area contributed by atoms with Crippen molar-refractivity contribution in [3.05, 3.63) is 217 Å². The van der Waals surface area contributed by atoms with Gasteiger partial charge in [-0.1, -0.05) is 190 Å². The topological polar surface area (TPSA) is 38.9 Å². The number of hydrogen-bond donors (Lipinski definition) is 0. The number of benzene rings is 9. The predicted octanol–water partition coefficient (Wildman–Crippen LogP) is 17.1. The molecular weight excluding hydrogens is 809 g/mol. The highest BCUT2D eigenvalue weighted by atomic mass is 32.1. The Morgan fingerprint density at radius 3 is 1.83 bits per heavy atom.